The summed E-state index contributed by atoms with van der Waals surface area (Å²) < 4.78 is 28.0. The molecule has 8 heteroatoms. The van der Waals surface area contributed by atoms with Gasteiger partial charge in [-0.3, -0.25) is 9.10 Å². The smallest absolute Gasteiger partial charge is 0.264 e. The zero-order valence-electron chi connectivity index (χ0n) is 18.9. The molecule has 0 aliphatic rings. The van der Waals surface area contributed by atoms with E-state index in [1.165, 1.54) is 30.3 Å². The average molecular weight is 505 g/mol. The van der Waals surface area contributed by atoms with Gasteiger partial charge in [-0.15, -0.1) is 0 Å². The van der Waals surface area contributed by atoms with Crippen molar-refractivity contribution in [3.8, 4) is 0 Å². The fourth-order valence-corrected chi connectivity index (χ4v) is 5.56. The highest BCUT2D eigenvalue weighted by molar-refractivity contribution is 7.92. The molecule has 0 radical (unpaired) electrons. The van der Waals surface area contributed by atoms with Crippen LogP contribution in [0.1, 0.15) is 35.2 Å². The van der Waals surface area contributed by atoms with Gasteiger partial charge in [0.25, 0.3) is 10.0 Å². The van der Waals surface area contributed by atoms with E-state index in [1.54, 1.807) is 12.1 Å². The molecule has 3 aromatic carbocycles. The molecule has 0 spiro atoms. The summed E-state index contributed by atoms with van der Waals surface area (Å²) in [5.74, 6) is -0.450. The molecule has 1 N–H and O–H groups in total. The van der Waals surface area contributed by atoms with Crippen LogP contribution in [0.3, 0.4) is 0 Å². The molecule has 0 saturated carbocycles. The molecule has 0 aromatic heterocycles. The van der Waals surface area contributed by atoms with Crippen molar-refractivity contribution in [3.63, 3.8) is 0 Å². The third-order valence-electron chi connectivity index (χ3n) is 5.30. The maximum Gasteiger partial charge on any atom is 0.264 e. The molecule has 1 atom stereocenters. The molecule has 3 rings (SSSR count). The molecule has 174 valence electrons. The summed E-state index contributed by atoms with van der Waals surface area (Å²) in [5, 5.41) is 3.45. The van der Waals surface area contributed by atoms with Crippen LogP contribution in [-0.2, 0) is 14.8 Å². The van der Waals surface area contributed by atoms with Gasteiger partial charge in [0.1, 0.15) is 6.54 Å². The van der Waals surface area contributed by atoms with Gasteiger partial charge in [0.15, 0.2) is 0 Å². The van der Waals surface area contributed by atoms with Crippen LogP contribution < -0.4 is 9.62 Å². The predicted octanol–water partition coefficient (Wildman–Crippen LogP) is 5.99. The van der Waals surface area contributed by atoms with Crippen molar-refractivity contribution in [1.82, 2.24) is 5.32 Å². The Morgan fingerprint density at radius 1 is 0.909 bits per heavy atom. The summed E-state index contributed by atoms with van der Waals surface area (Å²) in [4.78, 5) is 13.1. The number of carbonyl (C=O) groups excluding carboxylic acids is 1. The number of halogens is 2. The Bertz CT molecular complexity index is 1260. The summed E-state index contributed by atoms with van der Waals surface area (Å²) in [6.07, 6.45) is 0. The number of rotatable bonds is 7. The number of nitrogens with zero attached hydrogens (tertiary/aromatic N) is 1. The van der Waals surface area contributed by atoms with Crippen LogP contribution in [0.4, 0.5) is 5.69 Å². The molecule has 0 aliphatic carbocycles. The van der Waals surface area contributed by atoms with Crippen molar-refractivity contribution in [1.29, 1.82) is 0 Å². The van der Waals surface area contributed by atoms with Gasteiger partial charge in [0.05, 0.1) is 16.6 Å². The molecular formula is C25H26Cl2N2O3S. The van der Waals surface area contributed by atoms with Crippen molar-refractivity contribution in [3.05, 3.63) is 93.0 Å². The lowest BCUT2D eigenvalue weighted by molar-refractivity contribution is -0.120. The van der Waals surface area contributed by atoms with Crippen LogP contribution in [0.2, 0.25) is 10.0 Å². The molecule has 0 unspecified atom stereocenters. The highest BCUT2D eigenvalue weighted by Gasteiger charge is 2.28. The fourth-order valence-electron chi connectivity index (χ4n) is 3.64. The quantitative estimate of drug-likeness (QED) is 0.429. The zero-order chi connectivity index (χ0) is 24.3. The van der Waals surface area contributed by atoms with E-state index in [0.29, 0.717) is 0 Å². The maximum absolute atomic E-state index is 13.5. The van der Waals surface area contributed by atoms with Crippen molar-refractivity contribution in [2.24, 2.45) is 0 Å². The number of sulfonamides is 1. The van der Waals surface area contributed by atoms with Gasteiger partial charge in [-0.1, -0.05) is 64.7 Å². The number of nitrogens with one attached hydrogen (secondary N) is 1. The molecule has 0 aliphatic heterocycles. The SMILES string of the molecule is Cc1ccc(S(=O)(=O)N(CC(=O)N[C@H](C)c2ccc(C)cc2C)c2cc(Cl)cc(Cl)c2)cc1. The van der Waals surface area contributed by atoms with Crippen LogP contribution in [0, 0.1) is 20.8 Å². The Balaban J connectivity index is 1.94. The van der Waals surface area contributed by atoms with Crippen LogP contribution in [0.15, 0.2) is 65.6 Å². The van der Waals surface area contributed by atoms with E-state index in [1.807, 2.05) is 45.9 Å². The topological polar surface area (TPSA) is 66.5 Å². The third-order valence-corrected chi connectivity index (χ3v) is 7.53. The van der Waals surface area contributed by atoms with Crippen molar-refractivity contribution >= 4 is 44.8 Å². The first-order chi connectivity index (χ1) is 15.5. The summed E-state index contributed by atoms with van der Waals surface area (Å²) in [5.41, 5.74) is 4.28. The molecule has 0 fully saturated rings. The second-order valence-corrected chi connectivity index (χ2v) is 10.8. The van der Waals surface area contributed by atoms with E-state index in [9.17, 15) is 13.2 Å². The van der Waals surface area contributed by atoms with Crippen molar-refractivity contribution in [2.75, 3.05) is 10.8 Å². The zero-order valence-corrected chi connectivity index (χ0v) is 21.2. The van der Waals surface area contributed by atoms with Gasteiger partial charge in [0, 0.05) is 10.0 Å². The van der Waals surface area contributed by atoms with Gasteiger partial charge in [-0.2, -0.15) is 0 Å². The van der Waals surface area contributed by atoms with Gasteiger partial charge >= 0.3 is 0 Å². The molecule has 33 heavy (non-hydrogen) atoms. The van der Waals surface area contributed by atoms with Crippen molar-refractivity contribution in [2.45, 2.75) is 38.6 Å². The first-order valence-corrected chi connectivity index (χ1v) is 12.6. The van der Waals surface area contributed by atoms with Crippen LogP contribution in [0.25, 0.3) is 0 Å². The summed E-state index contributed by atoms with van der Waals surface area (Å²) in [6.45, 7) is 7.29. The lowest BCUT2D eigenvalue weighted by Crippen LogP contribution is -2.41. The summed E-state index contributed by atoms with van der Waals surface area (Å²) in [6, 6.07) is 16.6. The number of anilines is 1. The third kappa shape index (κ3) is 6.08. The standard InChI is InChI=1S/C25H26Cl2N2O3S/c1-16-5-8-23(9-6-16)33(31,32)29(22-13-20(26)12-21(27)14-22)15-25(30)28-19(4)24-10-7-17(2)11-18(24)3/h5-14,19H,15H2,1-4H3,(H,28,30)/t19-/m1/s1. The highest BCUT2D eigenvalue weighted by atomic mass is 35.5. The van der Waals surface area contributed by atoms with Crippen molar-refractivity contribution < 1.29 is 13.2 Å². The first kappa shape index (κ1) is 25.1. The van der Waals surface area contributed by atoms with E-state index >= 15 is 0 Å². The van der Waals surface area contributed by atoms with E-state index in [2.05, 4.69) is 5.32 Å². The minimum Gasteiger partial charge on any atom is -0.348 e. The Morgan fingerprint density at radius 3 is 2.06 bits per heavy atom. The first-order valence-electron chi connectivity index (χ1n) is 10.4. The Labute approximate surface area is 205 Å². The number of benzene rings is 3. The lowest BCUT2D eigenvalue weighted by Gasteiger charge is -2.26. The summed E-state index contributed by atoms with van der Waals surface area (Å²) in [7, 11) is -4.06. The molecule has 0 heterocycles. The number of amides is 1. The number of aryl methyl sites for hydroxylation is 3. The molecule has 5 nitrogen and oxygen atoms in total. The second kappa shape index (κ2) is 10.2. The average Bonchev–Trinajstić information content (AvgIpc) is 2.71. The maximum atomic E-state index is 13.5. The highest BCUT2D eigenvalue weighted by Crippen LogP contribution is 2.30. The second-order valence-electron chi connectivity index (χ2n) is 8.10. The van der Waals surface area contributed by atoms with Gasteiger partial charge in [-0.25, -0.2) is 8.42 Å². The minimum absolute atomic E-state index is 0.0689. The predicted molar refractivity (Wildman–Crippen MR) is 135 cm³/mol. The van der Waals surface area contributed by atoms with Gasteiger partial charge in [-0.05, 0) is 69.2 Å². The molecular weight excluding hydrogens is 479 g/mol. The normalized spacial score (nSPS) is 12.3. The summed E-state index contributed by atoms with van der Waals surface area (Å²) >= 11 is 12.3. The number of hydrogen-bond acceptors (Lipinski definition) is 3. The molecule has 0 saturated heterocycles. The fraction of sp³-hybridized carbons (Fsp3) is 0.240. The van der Waals surface area contributed by atoms with Crippen LogP contribution >= 0.6 is 23.2 Å². The number of carbonyl (C=O) groups is 1. The Kier molecular flexibility index (Phi) is 7.73. The van der Waals surface area contributed by atoms with Crippen LogP contribution in [-0.4, -0.2) is 20.9 Å². The lowest BCUT2D eigenvalue weighted by atomic mass is 10.0. The van der Waals surface area contributed by atoms with E-state index < -0.39 is 22.5 Å². The van der Waals surface area contributed by atoms with E-state index in [4.69, 9.17) is 23.2 Å². The largest absolute Gasteiger partial charge is 0.348 e. The monoisotopic (exact) mass is 504 g/mol. The minimum atomic E-state index is -4.06. The van der Waals surface area contributed by atoms with Gasteiger partial charge < -0.3 is 5.32 Å². The van der Waals surface area contributed by atoms with Gasteiger partial charge in [0.2, 0.25) is 5.91 Å². The van der Waals surface area contributed by atoms with E-state index in [0.717, 1.165) is 26.6 Å². The molecule has 3 aromatic rings. The number of hydrogen-bond donors (Lipinski definition) is 1. The molecule has 1 amide bonds. The molecule has 0 bridgehead atoms. The Hall–Kier alpha value is -2.54. The Morgan fingerprint density at radius 2 is 1.48 bits per heavy atom. The van der Waals surface area contributed by atoms with Crippen LogP contribution in [0.5, 0.6) is 0 Å². The van der Waals surface area contributed by atoms with E-state index in [-0.39, 0.29) is 26.7 Å².